The molecule has 3 aromatic heterocycles. The lowest BCUT2D eigenvalue weighted by molar-refractivity contribution is -0.385. The van der Waals surface area contributed by atoms with Crippen LogP contribution < -0.4 is 4.90 Å². The minimum Gasteiger partial charge on any atom is -0.373 e. The summed E-state index contributed by atoms with van der Waals surface area (Å²) in [7, 11) is -1.22. The first-order valence-corrected chi connectivity index (χ1v) is 13.4. The predicted molar refractivity (Wildman–Crippen MR) is 144 cm³/mol. The largest absolute Gasteiger partial charge is 0.373 e. The van der Waals surface area contributed by atoms with Crippen LogP contribution in [0.15, 0.2) is 81.6 Å². The number of sulfonamides is 1. The highest BCUT2D eigenvalue weighted by Crippen LogP contribution is 2.31. The number of hydrazone groups is 1. The van der Waals surface area contributed by atoms with Crippen LogP contribution in [0.4, 0.5) is 11.4 Å². The summed E-state index contributed by atoms with van der Waals surface area (Å²) in [6, 6.07) is 13.1. The first-order valence-electron chi connectivity index (χ1n) is 11.1. The number of anilines is 1. The van der Waals surface area contributed by atoms with Crippen molar-refractivity contribution in [3.05, 3.63) is 93.0 Å². The van der Waals surface area contributed by atoms with Crippen LogP contribution in [0.2, 0.25) is 0 Å². The normalized spacial score (nSPS) is 12.1. The summed E-state index contributed by atoms with van der Waals surface area (Å²) in [6.45, 7) is 2.12. The van der Waals surface area contributed by atoms with E-state index in [1.54, 1.807) is 42.0 Å². The van der Waals surface area contributed by atoms with Gasteiger partial charge in [0.25, 0.3) is 15.7 Å². The number of non-ortho nitro benzene ring substituents is 1. The van der Waals surface area contributed by atoms with Crippen molar-refractivity contribution in [1.29, 1.82) is 0 Å². The Morgan fingerprint density at radius 1 is 1.19 bits per heavy atom. The van der Waals surface area contributed by atoms with Gasteiger partial charge in [-0.2, -0.15) is 23.0 Å². The quantitative estimate of drug-likeness (QED) is 0.164. The second-order valence-electron chi connectivity index (χ2n) is 8.26. The molecule has 0 N–H and O–H groups in total. The van der Waals surface area contributed by atoms with Crippen LogP contribution in [-0.4, -0.2) is 58.7 Å². The first kappa shape index (κ1) is 26.2. The Balaban J connectivity index is 1.69. The number of hydrogen-bond acceptors (Lipinski definition) is 8. The Morgan fingerprint density at radius 3 is 2.68 bits per heavy atom. The molecule has 0 aliphatic rings. The molecule has 0 fully saturated rings. The predicted octanol–water partition coefficient (Wildman–Crippen LogP) is 4.12. The molecule has 0 atom stereocenters. The highest BCUT2D eigenvalue weighted by atomic mass is 79.9. The summed E-state index contributed by atoms with van der Waals surface area (Å²) in [6.07, 6.45) is 5.62. The molecular weight excluding hydrogens is 562 g/mol. The van der Waals surface area contributed by atoms with Crippen molar-refractivity contribution in [2.45, 2.75) is 18.2 Å². The van der Waals surface area contributed by atoms with Gasteiger partial charge in [0.15, 0.2) is 0 Å². The van der Waals surface area contributed by atoms with E-state index < -0.39 is 14.9 Å². The Morgan fingerprint density at radius 2 is 1.97 bits per heavy atom. The molecule has 192 valence electrons. The molecule has 0 radical (unpaired) electrons. The van der Waals surface area contributed by atoms with Gasteiger partial charge in [-0.25, -0.2) is 4.52 Å². The Labute approximate surface area is 222 Å². The molecule has 1 aromatic carbocycles. The van der Waals surface area contributed by atoms with E-state index in [4.69, 9.17) is 0 Å². The van der Waals surface area contributed by atoms with Gasteiger partial charge in [0.2, 0.25) is 0 Å². The Kier molecular flexibility index (Phi) is 7.55. The van der Waals surface area contributed by atoms with E-state index in [2.05, 4.69) is 31.1 Å². The molecule has 0 unspecified atom stereocenters. The fourth-order valence-corrected chi connectivity index (χ4v) is 5.39. The number of aromatic nitrogens is 3. The average molecular weight is 586 g/mol. The maximum absolute atomic E-state index is 13.7. The monoisotopic (exact) mass is 585 g/mol. The molecule has 3 heterocycles. The smallest absolute Gasteiger partial charge is 0.281 e. The molecular formula is C24H24BrN7O4S. The fourth-order valence-electron chi connectivity index (χ4n) is 3.78. The van der Waals surface area contributed by atoms with Crippen LogP contribution in [-0.2, 0) is 16.4 Å². The van der Waals surface area contributed by atoms with Crippen molar-refractivity contribution >= 4 is 48.6 Å². The number of nitro groups is 1. The zero-order chi connectivity index (χ0) is 26.7. The van der Waals surface area contributed by atoms with Crippen molar-refractivity contribution in [2.75, 3.05) is 25.5 Å². The molecule has 37 heavy (non-hydrogen) atoms. The third-order valence-electron chi connectivity index (χ3n) is 5.78. The molecule has 0 saturated heterocycles. The number of nitro benzene ring substituents is 1. The lowest BCUT2D eigenvalue weighted by atomic mass is 10.2. The number of benzene rings is 1. The summed E-state index contributed by atoms with van der Waals surface area (Å²) >= 11 is 3.43. The number of fused-ring (bicyclic) bond motifs is 1. The topological polar surface area (TPSA) is 126 Å². The molecule has 0 amide bonds. The zero-order valence-electron chi connectivity index (χ0n) is 20.3. The molecule has 4 rings (SSSR count). The van der Waals surface area contributed by atoms with Crippen LogP contribution in [0.3, 0.4) is 0 Å². The number of hydrogen-bond donors (Lipinski definition) is 0. The summed E-state index contributed by atoms with van der Waals surface area (Å²) in [4.78, 5) is 16.7. The highest BCUT2D eigenvalue weighted by molar-refractivity contribution is 9.10. The van der Waals surface area contributed by atoms with Gasteiger partial charge in [-0.3, -0.25) is 15.1 Å². The number of likely N-dealkylation sites (N-methyl/N-ethyl adjacent to an activating group) is 1. The molecule has 13 heteroatoms. The second-order valence-corrected chi connectivity index (χ2v) is 11.1. The molecule has 4 aromatic rings. The van der Waals surface area contributed by atoms with Gasteiger partial charge >= 0.3 is 0 Å². The van der Waals surface area contributed by atoms with Crippen LogP contribution in [0, 0.1) is 10.1 Å². The third-order valence-corrected chi connectivity index (χ3v) is 7.94. The summed E-state index contributed by atoms with van der Waals surface area (Å²) in [5, 5.41) is 20.1. The van der Waals surface area contributed by atoms with Crippen LogP contribution in [0.1, 0.15) is 18.2 Å². The van der Waals surface area contributed by atoms with E-state index >= 15 is 0 Å². The molecule has 0 aliphatic carbocycles. The maximum atomic E-state index is 13.7. The number of nitrogens with zero attached hydrogens (tertiary/aromatic N) is 7. The van der Waals surface area contributed by atoms with E-state index in [1.165, 1.54) is 19.2 Å². The van der Waals surface area contributed by atoms with Gasteiger partial charge in [-0.05, 0) is 37.3 Å². The van der Waals surface area contributed by atoms with Gasteiger partial charge in [0.1, 0.15) is 4.90 Å². The van der Waals surface area contributed by atoms with Gasteiger partial charge in [0, 0.05) is 67.3 Å². The van der Waals surface area contributed by atoms with Crippen molar-refractivity contribution in [3.63, 3.8) is 0 Å². The SMILES string of the molecule is CC(=NN(C)S(=O)(=O)c1cc([N+](=O)[O-])ccc1N(C)CCc1ccccn1)c1cnn2ccc(Br)cc12. The summed E-state index contributed by atoms with van der Waals surface area (Å²) < 4.78 is 30.6. The zero-order valence-corrected chi connectivity index (χ0v) is 22.7. The van der Waals surface area contributed by atoms with E-state index in [-0.39, 0.29) is 10.6 Å². The molecule has 0 bridgehead atoms. The highest BCUT2D eigenvalue weighted by Gasteiger charge is 2.28. The Hall–Kier alpha value is -3.84. The van der Waals surface area contributed by atoms with E-state index in [1.807, 2.05) is 30.3 Å². The van der Waals surface area contributed by atoms with E-state index in [0.717, 1.165) is 26.2 Å². The molecule has 0 spiro atoms. The fraction of sp³-hybridized carbons (Fsp3) is 0.208. The summed E-state index contributed by atoms with van der Waals surface area (Å²) in [5.41, 5.74) is 2.64. The van der Waals surface area contributed by atoms with Crippen molar-refractivity contribution < 1.29 is 13.3 Å². The van der Waals surface area contributed by atoms with Crippen LogP contribution in [0.5, 0.6) is 0 Å². The van der Waals surface area contributed by atoms with Crippen LogP contribution >= 0.6 is 15.9 Å². The summed E-state index contributed by atoms with van der Waals surface area (Å²) in [5.74, 6) is 0. The second kappa shape index (κ2) is 10.6. The number of halogens is 1. The lowest BCUT2D eigenvalue weighted by Crippen LogP contribution is -2.28. The third kappa shape index (κ3) is 5.62. The van der Waals surface area contributed by atoms with Crippen LogP contribution in [0.25, 0.3) is 5.52 Å². The maximum Gasteiger partial charge on any atom is 0.281 e. The Bertz CT molecular complexity index is 1590. The average Bonchev–Trinajstić information content (AvgIpc) is 3.30. The van der Waals surface area contributed by atoms with Crippen molar-refractivity contribution in [1.82, 2.24) is 19.0 Å². The van der Waals surface area contributed by atoms with Gasteiger partial charge in [-0.15, -0.1) is 0 Å². The lowest BCUT2D eigenvalue weighted by Gasteiger charge is -2.24. The number of rotatable bonds is 9. The van der Waals surface area contributed by atoms with Crippen molar-refractivity contribution in [3.8, 4) is 0 Å². The standard InChI is InChI=1S/C24H24BrN7O4S/c1-17(21-16-27-31-13-9-18(25)14-23(21)31)28-30(3)37(35,36)24-15-20(32(33)34)7-8-22(24)29(2)12-10-19-6-4-5-11-26-19/h4-9,11,13-16H,10,12H2,1-3H3. The minimum absolute atomic E-state index is 0.216. The van der Waals surface area contributed by atoms with E-state index in [0.29, 0.717) is 29.9 Å². The number of pyridine rings is 2. The molecule has 0 saturated carbocycles. The van der Waals surface area contributed by atoms with Crippen molar-refractivity contribution in [2.24, 2.45) is 5.10 Å². The van der Waals surface area contributed by atoms with E-state index in [9.17, 15) is 18.5 Å². The minimum atomic E-state index is -4.25. The molecule has 11 nitrogen and oxygen atoms in total. The first-order chi connectivity index (χ1) is 17.6. The van der Waals surface area contributed by atoms with Gasteiger partial charge in [0.05, 0.1) is 28.0 Å². The molecule has 0 aliphatic heterocycles. The van der Waals surface area contributed by atoms with Gasteiger partial charge in [-0.1, -0.05) is 22.0 Å². The van der Waals surface area contributed by atoms with Gasteiger partial charge < -0.3 is 4.90 Å².